The molecule has 0 unspecified atom stereocenters. The fourth-order valence-corrected chi connectivity index (χ4v) is 2.55. The number of nitrogens with zero attached hydrogens (tertiary/aromatic N) is 2. The summed E-state index contributed by atoms with van der Waals surface area (Å²) in [6, 6.07) is 7.45. The minimum absolute atomic E-state index is 0.0390. The van der Waals surface area contributed by atoms with Gasteiger partial charge in [0.2, 0.25) is 17.0 Å². The molecular weight excluding hydrogens is 342 g/mol. The van der Waals surface area contributed by atoms with E-state index in [9.17, 15) is 9.59 Å². The van der Waals surface area contributed by atoms with Crippen LogP contribution in [-0.4, -0.2) is 52.4 Å². The van der Waals surface area contributed by atoms with E-state index in [2.05, 4.69) is 25.8 Å². The lowest BCUT2D eigenvalue weighted by Crippen LogP contribution is -2.40. The number of nitrogens with one attached hydrogen (secondary N) is 3. The topological polar surface area (TPSA) is 109 Å². The fraction of sp³-hybridized carbons (Fsp3) is 0.375. The summed E-state index contributed by atoms with van der Waals surface area (Å²) in [5, 5.41) is 12.6. The van der Waals surface area contributed by atoms with Crippen LogP contribution in [0.25, 0.3) is 11.4 Å². The Morgan fingerprint density at radius 1 is 1.24 bits per heavy atom. The van der Waals surface area contributed by atoms with E-state index in [4.69, 9.17) is 4.74 Å². The van der Waals surface area contributed by atoms with Crippen molar-refractivity contribution in [2.45, 2.75) is 25.0 Å². The van der Waals surface area contributed by atoms with Crippen molar-refractivity contribution in [1.82, 2.24) is 25.8 Å². The number of carbonyl (C=O) groups is 2. The van der Waals surface area contributed by atoms with Crippen molar-refractivity contribution in [2.75, 3.05) is 19.4 Å². The van der Waals surface area contributed by atoms with Crippen molar-refractivity contribution in [1.29, 1.82) is 0 Å². The maximum atomic E-state index is 11.8. The van der Waals surface area contributed by atoms with Gasteiger partial charge in [-0.15, -0.1) is 5.10 Å². The second-order valence-electron chi connectivity index (χ2n) is 5.48. The predicted molar refractivity (Wildman–Crippen MR) is 95.4 cm³/mol. The van der Waals surface area contributed by atoms with Crippen molar-refractivity contribution < 1.29 is 14.3 Å². The van der Waals surface area contributed by atoms with E-state index in [1.54, 1.807) is 7.11 Å². The van der Waals surface area contributed by atoms with Gasteiger partial charge >= 0.3 is 0 Å². The minimum atomic E-state index is -0.250. The molecule has 0 aliphatic heterocycles. The lowest BCUT2D eigenvalue weighted by molar-refractivity contribution is -0.125. The summed E-state index contributed by atoms with van der Waals surface area (Å²) in [5.41, 5.74) is 0.870. The lowest BCUT2D eigenvalue weighted by atomic mass is 10.2. The Bertz CT molecular complexity index is 715. The third kappa shape index (κ3) is 6.11. The summed E-state index contributed by atoms with van der Waals surface area (Å²) in [7, 11) is 1.61. The standard InChI is InChI=1S/C16H21N5O3S/c1-10(2)18-13(22)8-17-14(23)9-25-16-19-15(20-21-16)11-4-6-12(24-3)7-5-11/h4-7,10H,8-9H2,1-3H3,(H,17,23)(H,18,22)(H,19,20,21). The van der Waals surface area contributed by atoms with Crippen LogP contribution >= 0.6 is 11.8 Å². The molecule has 9 heteroatoms. The number of hydrogen-bond acceptors (Lipinski definition) is 6. The third-order valence-corrected chi connectivity index (χ3v) is 3.90. The monoisotopic (exact) mass is 363 g/mol. The fourth-order valence-electron chi connectivity index (χ4n) is 1.92. The molecule has 25 heavy (non-hydrogen) atoms. The van der Waals surface area contributed by atoms with Gasteiger partial charge in [0.25, 0.3) is 0 Å². The number of methoxy groups -OCH3 is 1. The molecule has 0 aliphatic rings. The molecule has 1 aromatic carbocycles. The number of aromatic nitrogens is 3. The molecular formula is C16H21N5O3S. The molecule has 0 radical (unpaired) electrons. The second kappa shape index (κ2) is 9.07. The molecule has 2 aromatic rings. The zero-order chi connectivity index (χ0) is 18.2. The van der Waals surface area contributed by atoms with Gasteiger partial charge in [-0.05, 0) is 38.1 Å². The molecule has 1 aromatic heterocycles. The van der Waals surface area contributed by atoms with Crippen LogP contribution in [0, 0.1) is 0 Å². The van der Waals surface area contributed by atoms with Gasteiger partial charge in [-0.25, -0.2) is 4.98 Å². The van der Waals surface area contributed by atoms with E-state index in [0.29, 0.717) is 11.0 Å². The van der Waals surface area contributed by atoms with E-state index < -0.39 is 0 Å². The minimum Gasteiger partial charge on any atom is -0.497 e. The molecule has 0 fully saturated rings. The van der Waals surface area contributed by atoms with Gasteiger partial charge in [0.15, 0.2) is 5.82 Å². The Hall–Kier alpha value is -2.55. The first kappa shape index (κ1) is 18.8. The summed E-state index contributed by atoms with van der Waals surface area (Å²) < 4.78 is 5.11. The summed E-state index contributed by atoms with van der Waals surface area (Å²) in [4.78, 5) is 27.6. The van der Waals surface area contributed by atoms with Crippen LogP contribution in [0.5, 0.6) is 5.75 Å². The van der Waals surface area contributed by atoms with Gasteiger partial charge in [0.05, 0.1) is 19.4 Å². The van der Waals surface area contributed by atoms with E-state index in [-0.39, 0.29) is 30.2 Å². The molecule has 0 saturated heterocycles. The summed E-state index contributed by atoms with van der Waals surface area (Å²) in [6.07, 6.45) is 0. The Kier molecular flexibility index (Phi) is 6.81. The highest BCUT2D eigenvalue weighted by molar-refractivity contribution is 7.99. The largest absolute Gasteiger partial charge is 0.497 e. The average Bonchev–Trinajstić information content (AvgIpc) is 3.06. The second-order valence-corrected chi connectivity index (χ2v) is 6.43. The number of H-pyrrole nitrogens is 1. The van der Waals surface area contributed by atoms with Crippen molar-refractivity contribution in [3.05, 3.63) is 24.3 Å². The van der Waals surface area contributed by atoms with Gasteiger partial charge in [0, 0.05) is 11.6 Å². The van der Waals surface area contributed by atoms with Crippen LogP contribution in [-0.2, 0) is 9.59 Å². The van der Waals surface area contributed by atoms with Crippen molar-refractivity contribution >= 4 is 23.6 Å². The Morgan fingerprint density at radius 2 is 1.96 bits per heavy atom. The summed E-state index contributed by atoms with van der Waals surface area (Å²) >= 11 is 1.20. The van der Waals surface area contributed by atoms with Crippen LogP contribution in [0.3, 0.4) is 0 Å². The van der Waals surface area contributed by atoms with Crippen LogP contribution < -0.4 is 15.4 Å². The molecule has 1 heterocycles. The van der Waals surface area contributed by atoms with Crippen LogP contribution in [0.2, 0.25) is 0 Å². The van der Waals surface area contributed by atoms with E-state index >= 15 is 0 Å². The highest BCUT2D eigenvalue weighted by Gasteiger charge is 2.10. The summed E-state index contributed by atoms with van der Waals surface area (Å²) in [5.74, 6) is 1.04. The number of thioether (sulfide) groups is 1. The molecule has 0 spiro atoms. The Labute approximate surface area is 150 Å². The van der Waals surface area contributed by atoms with Crippen LogP contribution in [0.15, 0.2) is 29.4 Å². The lowest BCUT2D eigenvalue weighted by Gasteiger charge is -2.08. The summed E-state index contributed by atoms with van der Waals surface area (Å²) in [6.45, 7) is 3.68. The number of carbonyl (C=O) groups excluding carboxylic acids is 2. The van der Waals surface area contributed by atoms with Gasteiger partial charge in [-0.3, -0.25) is 14.7 Å². The molecule has 0 bridgehead atoms. The average molecular weight is 363 g/mol. The maximum Gasteiger partial charge on any atom is 0.239 e. The zero-order valence-corrected chi connectivity index (χ0v) is 15.1. The molecule has 2 amide bonds. The highest BCUT2D eigenvalue weighted by atomic mass is 32.2. The van der Waals surface area contributed by atoms with Crippen molar-refractivity contribution in [3.63, 3.8) is 0 Å². The first-order valence-electron chi connectivity index (χ1n) is 7.73. The molecule has 3 N–H and O–H groups in total. The van der Waals surface area contributed by atoms with Crippen LogP contribution in [0.1, 0.15) is 13.8 Å². The van der Waals surface area contributed by atoms with Gasteiger partial charge in [-0.1, -0.05) is 11.8 Å². The number of ether oxygens (including phenoxy) is 1. The number of hydrogen-bond donors (Lipinski definition) is 3. The third-order valence-electron chi connectivity index (χ3n) is 3.06. The zero-order valence-electron chi connectivity index (χ0n) is 14.3. The molecule has 0 saturated carbocycles. The quantitative estimate of drug-likeness (QED) is 0.608. The molecule has 0 atom stereocenters. The van der Waals surface area contributed by atoms with E-state index in [0.717, 1.165) is 11.3 Å². The number of aromatic amines is 1. The van der Waals surface area contributed by atoms with Gasteiger partial charge in [-0.2, -0.15) is 0 Å². The van der Waals surface area contributed by atoms with Crippen molar-refractivity contribution in [3.8, 4) is 17.1 Å². The van der Waals surface area contributed by atoms with E-state index in [1.165, 1.54) is 11.8 Å². The first-order chi connectivity index (χ1) is 12.0. The van der Waals surface area contributed by atoms with Gasteiger partial charge in [0.1, 0.15) is 5.75 Å². The van der Waals surface area contributed by atoms with Crippen LogP contribution in [0.4, 0.5) is 0 Å². The molecule has 2 rings (SSSR count). The normalized spacial score (nSPS) is 10.6. The smallest absolute Gasteiger partial charge is 0.239 e. The van der Waals surface area contributed by atoms with E-state index in [1.807, 2.05) is 38.1 Å². The SMILES string of the molecule is COc1ccc(-c2nc(SCC(=O)NCC(=O)NC(C)C)n[nH]2)cc1. The van der Waals surface area contributed by atoms with Gasteiger partial charge < -0.3 is 15.4 Å². The molecule has 134 valence electrons. The predicted octanol–water partition coefficient (Wildman–Crippen LogP) is 1.21. The number of rotatable bonds is 8. The molecule has 8 nitrogen and oxygen atoms in total. The Balaban J connectivity index is 1.80. The maximum absolute atomic E-state index is 11.8. The Morgan fingerprint density at radius 3 is 2.60 bits per heavy atom. The number of amides is 2. The number of benzene rings is 1. The van der Waals surface area contributed by atoms with Crippen molar-refractivity contribution in [2.24, 2.45) is 0 Å². The highest BCUT2D eigenvalue weighted by Crippen LogP contribution is 2.21. The first-order valence-corrected chi connectivity index (χ1v) is 8.72. The molecule has 0 aliphatic carbocycles.